The number of hydrogen-bond acceptors (Lipinski definition) is 3. The summed E-state index contributed by atoms with van der Waals surface area (Å²) in [5, 5.41) is 0. The molecule has 0 spiro atoms. The highest BCUT2D eigenvalue weighted by atomic mass is 16.5. The van der Waals surface area contributed by atoms with Crippen molar-refractivity contribution in [3.05, 3.63) is 54.1 Å². The minimum absolute atomic E-state index is 0.812. The van der Waals surface area contributed by atoms with Crippen LogP contribution in [0.2, 0.25) is 0 Å². The third-order valence-corrected chi connectivity index (χ3v) is 2.50. The van der Waals surface area contributed by atoms with Gasteiger partial charge in [-0.1, -0.05) is 29.8 Å². The summed E-state index contributed by atoms with van der Waals surface area (Å²) in [5.74, 6) is 0.812. The molecule has 2 N–H and O–H groups in total. The molecule has 17 heavy (non-hydrogen) atoms. The van der Waals surface area contributed by atoms with Gasteiger partial charge in [0, 0.05) is 0 Å². The van der Waals surface area contributed by atoms with E-state index >= 15 is 0 Å². The van der Waals surface area contributed by atoms with Gasteiger partial charge in [0.05, 0.1) is 18.5 Å². The maximum Gasteiger partial charge on any atom is 0.143 e. The minimum atomic E-state index is 0.812. The number of para-hydroxylation sites is 2. The predicted molar refractivity (Wildman–Crippen MR) is 71.4 cm³/mol. The lowest BCUT2D eigenvalue weighted by Gasteiger charge is -2.12. The van der Waals surface area contributed by atoms with E-state index < -0.39 is 0 Å². The number of benzene rings is 2. The van der Waals surface area contributed by atoms with E-state index in [4.69, 9.17) is 4.74 Å². The first kappa shape index (κ1) is 11.3. The molecule has 0 radical (unpaired) electrons. The van der Waals surface area contributed by atoms with Gasteiger partial charge in [0.25, 0.3) is 0 Å². The van der Waals surface area contributed by atoms with Crippen LogP contribution in [0, 0.1) is 6.92 Å². The second-order valence-electron chi connectivity index (χ2n) is 3.82. The van der Waals surface area contributed by atoms with Crippen molar-refractivity contribution >= 4 is 11.4 Å². The Kier molecular flexibility index (Phi) is 3.50. The summed E-state index contributed by atoms with van der Waals surface area (Å²) in [6.45, 7) is 2.07. The van der Waals surface area contributed by atoms with E-state index in [0.29, 0.717) is 0 Å². The molecule has 0 unspecified atom stereocenters. The van der Waals surface area contributed by atoms with Gasteiger partial charge in [-0.05, 0) is 31.2 Å². The standard InChI is InChI=1S/C14H16N2O/c1-11-7-9-12(10-8-11)15-16-13-5-3-4-6-14(13)17-2/h3-10,15-16H,1-2H3. The molecule has 0 atom stereocenters. The monoisotopic (exact) mass is 228 g/mol. The minimum Gasteiger partial charge on any atom is -0.495 e. The van der Waals surface area contributed by atoms with E-state index in [-0.39, 0.29) is 0 Å². The second-order valence-corrected chi connectivity index (χ2v) is 3.82. The Balaban J connectivity index is 2.04. The van der Waals surface area contributed by atoms with E-state index in [2.05, 4.69) is 29.9 Å². The molecule has 88 valence electrons. The SMILES string of the molecule is COc1ccccc1NNc1ccc(C)cc1. The zero-order valence-corrected chi connectivity index (χ0v) is 10.0. The van der Waals surface area contributed by atoms with Gasteiger partial charge in [0.2, 0.25) is 0 Å². The molecule has 2 aromatic carbocycles. The van der Waals surface area contributed by atoms with E-state index in [0.717, 1.165) is 17.1 Å². The Hall–Kier alpha value is -2.16. The van der Waals surface area contributed by atoms with Crippen molar-refractivity contribution < 1.29 is 4.74 Å². The van der Waals surface area contributed by atoms with Crippen LogP contribution >= 0.6 is 0 Å². The quantitative estimate of drug-likeness (QED) is 0.786. The van der Waals surface area contributed by atoms with Crippen molar-refractivity contribution in [2.24, 2.45) is 0 Å². The maximum absolute atomic E-state index is 5.25. The fourth-order valence-corrected chi connectivity index (χ4v) is 1.52. The number of rotatable bonds is 4. The van der Waals surface area contributed by atoms with Crippen LogP contribution in [-0.4, -0.2) is 7.11 Å². The van der Waals surface area contributed by atoms with Gasteiger partial charge < -0.3 is 10.2 Å². The Morgan fingerprint density at radius 1 is 0.882 bits per heavy atom. The van der Waals surface area contributed by atoms with Crippen molar-refractivity contribution in [3.8, 4) is 5.75 Å². The third kappa shape index (κ3) is 2.91. The van der Waals surface area contributed by atoms with Crippen LogP contribution in [-0.2, 0) is 0 Å². The first-order valence-electron chi connectivity index (χ1n) is 5.51. The van der Waals surface area contributed by atoms with E-state index in [1.165, 1.54) is 5.56 Å². The number of methoxy groups -OCH3 is 1. The normalized spacial score (nSPS) is 9.76. The predicted octanol–water partition coefficient (Wildman–Crippen LogP) is 3.44. The van der Waals surface area contributed by atoms with Crippen LogP contribution in [0.5, 0.6) is 5.75 Å². The summed E-state index contributed by atoms with van der Waals surface area (Å²) in [6.07, 6.45) is 0. The highest BCUT2D eigenvalue weighted by Crippen LogP contribution is 2.23. The average molecular weight is 228 g/mol. The fraction of sp³-hybridized carbons (Fsp3) is 0.143. The van der Waals surface area contributed by atoms with Crippen LogP contribution in [0.3, 0.4) is 0 Å². The summed E-state index contributed by atoms with van der Waals surface area (Å²) < 4.78 is 5.25. The van der Waals surface area contributed by atoms with Crippen LogP contribution in [0.4, 0.5) is 11.4 Å². The molecular formula is C14H16N2O. The highest BCUT2D eigenvalue weighted by Gasteiger charge is 1.99. The topological polar surface area (TPSA) is 33.3 Å². The molecule has 3 nitrogen and oxygen atoms in total. The highest BCUT2D eigenvalue weighted by molar-refractivity contribution is 5.60. The molecule has 0 saturated carbocycles. The molecule has 0 aromatic heterocycles. The van der Waals surface area contributed by atoms with E-state index in [1.807, 2.05) is 36.4 Å². The van der Waals surface area contributed by atoms with Gasteiger partial charge >= 0.3 is 0 Å². The molecule has 0 amide bonds. The van der Waals surface area contributed by atoms with Crippen LogP contribution in [0.15, 0.2) is 48.5 Å². The summed E-state index contributed by atoms with van der Waals surface area (Å²) in [5.41, 5.74) is 9.43. The van der Waals surface area contributed by atoms with Crippen molar-refractivity contribution in [2.75, 3.05) is 18.0 Å². The molecule has 0 aliphatic carbocycles. The number of anilines is 2. The van der Waals surface area contributed by atoms with Gasteiger partial charge in [-0.2, -0.15) is 0 Å². The van der Waals surface area contributed by atoms with Crippen LogP contribution in [0.25, 0.3) is 0 Å². The number of ether oxygens (including phenoxy) is 1. The summed E-state index contributed by atoms with van der Waals surface area (Å²) in [7, 11) is 1.66. The van der Waals surface area contributed by atoms with Gasteiger partial charge in [-0.3, -0.25) is 5.43 Å². The molecule has 0 aliphatic heterocycles. The Morgan fingerprint density at radius 2 is 1.59 bits per heavy atom. The molecule has 0 aliphatic rings. The molecule has 2 rings (SSSR count). The Morgan fingerprint density at radius 3 is 2.29 bits per heavy atom. The van der Waals surface area contributed by atoms with Gasteiger partial charge in [0.1, 0.15) is 5.75 Å². The van der Waals surface area contributed by atoms with E-state index in [1.54, 1.807) is 7.11 Å². The lowest BCUT2D eigenvalue weighted by molar-refractivity contribution is 0.416. The second kappa shape index (κ2) is 5.25. The van der Waals surface area contributed by atoms with Gasteiger partial charge in [-0.25, -0.2) is 0 Å². The van der Waals surface area contributed by atoms with Crippen molar-refractivity contribution in [3.63, 3.8) is 0 Å². The number of hydrogen-bond donors (Lipinski definition) is 2. The number of aryl methyl sites for hydroxylation is 1. The van der Waals surface area contributed by atoms with Gasteiger partial charge in [0.15, 0.2) is 0 Å². The summed E-state index contributed by atoms with van der Waals surface area (Å²) in [4.78, 5) is 0. The lowest BCUT2D eigenvalue weighted by atomic mass is 10.2. The van der Waals surface area contributed by atoms with Crippen molar-refractivity contribution in [1.29, 1.82) is 0 Å². The Bertz CT molecular complexity index is 480. The fourth-order valence-electron chi connectivity index (χ4n) is 1.52. The largest absolute Gasteiger partial charge is 0.495 e. The average Bonchev–Trinajstić information content (AvgIpc) is 2.38. The molecular weight excluding hydrogens is 212 g/mol. The lowest BCUT2D eigenvalue weighted by Crippen LogP contribution is -2.09. The summed E-state index contributed by atoms with van der Waals surface area (Å²) in [6, 6.07) is 15.9. The molecule has 0 heterocycles. The first-order chi connectivity index (χ1) is 8.29. The smallest absolute Gasteiger partial charge is 0.143 e. The number of nitrogens with one attached hydrogen (secondary N) is 2. The molecule has 2 aromatic rings. The molecule has 0 fully saturated rings. The van der Waals surface area contributed by atoms with E-state index in [9.17, 15) is 0 Å². The molecule has 0 bridgehead atoms. The zero-order chi connectivity index (χ0) is 12.1. The number of hydrazine groups is 1. The van der Waals surface area contributed by atoms with Crippen LogP contribution < -0.4 is 15.6 Å². The van der Waals surface area contributed by atoms with Crippen LogP contribution in [0.1, 0.15) is 5.56 Å². The van der Waals surface area contributed by atoms with Gasteiger partial charge in [-0.15, -0.1) is 0 Å². The first-order valence-corrected chi connectivity index (χ1v) is 5.51. The van der Waals surface area contributed by atoms with Crippen molar-refractivity contribution in [2.45, 2.75) is 6.92 Å². The van der Waals surface area contributed by atoms with Crippen molar-refractivity contribution in [1.82, 2.24) is 0 Å². The summed E-state index contributed by atoms with van der Waals surface area (Å²) >= 11 is 0. The zero-order valence-electron chi connectivity index (χ0n) is 10.0. The Labute approximate surface area is 101 Å². The maximum atomic E-state index is 5.25. The molecule has 3 heteroatoms. The third-order valence-electron chi connectivity index (χ3n) is 2.50. The molecule has 0 saturated heterocycles.